The van der Waals surface area contributed by atoms with Crippen molar-refractivity contribution in [2.24, 2.45) is 0 Å². The van der Waals surface area contributed by atoms with Crippen LogP contribution < -0.4 is 15.1 Å². The van der Waals surface area contributed by atoms with E-state index in [1.54, 1.807) is 18.2 Å². The van der Waals surface area contributed by atoms with Crippen LogP contribution in [0.5, 0.6) is 11.5 Å². The van der Waals surface area contributed by atoms with Gasteiger partial charge in [-0.3, -0.25) is 0 Å². The van der Waals surface area contributed by atoms with E-state index < -0.39 is 20.4 Å². The molecule has 0 N–H and O–H groups in total. The molecule has 146 valence electrons. The number of halogens is 2. The highest BCUT2D eigenvalue weighted by Crippen LogP contribution is 2.32. The van der Waals surface area contributed by atoms with Crippen LogP contribution in [0.4, 0.5) is 0 Å². The standard InChI is InChI=1S/C19H14Cl2O6S/c1-25-13-8-16(26-2)14-10-18(19(22)27-17(14)9-13)28(23,24)6-5-11-3-4-12(20)7-15(11)21/h3-10H,1-2H3/b6-5-. The summed E-state index contributed by atoms with van der Waals surface area (Å²) in [4.78, 5) is 11.8. The number of methoxy groups -OCH3 is 2. The van der Waals surface area contributed by atoms with Crippen molar-refractivity contribution in [1.82, 2.24) is 0 Å². The Labute approximate surface area is 170 Å². The first kappa shape index (κ1) is 20.3. The van der Waals surface area contributed by atoms with E-state index in [1.807, 2.05) is 0 Å². The Balaban J connectivity index is 2.12. The smallest absolute Gasteiger partial charge is 0.355 e. The first-order chi connectivity index (χ1) is 13.2. The zero-order valence-corrected chi connectivity index (χ0v) is 17.1. The Hall–Kier alpha value is -2.48. The third kappa shape index (κ3) is 4.01. The first-order valence-electron chi connectivity index (χ1n) is 7.83. The topological polar surface area (TPSA) is 82.8 Å². The molecule has 0 saturated heterocycles. The van der Waals surface area contributed by atoms with Gasteiger partial charge in [0.05, 0.1) is 19.6 Å². The minimum atomic E-state index is -4.11. The second kappa shape index (κ2) is 7.87. The highest BCUT2D eigenvalue weighted by molar-refractivity contribution is 7.94. The average Bonchev–Trinajstić information content (AvgIpc) is 2.65. The number of hydrogen-bond acceptors (Lipinski definition) is 6. The molecular weight excluding hydrogens is 427 g/mol. The first-order valence-corrected chi connectivity index (χ1v) is 10.1. The molecule has 0 aliphatic heterocycles. The van der Waals surface area contributed by atoms with Gasteiger partial charge in [-0.05, 0) is 29.8 Å². The Morgan fingerprint density at radius 2 is 1.79 bits per heavy atom. The van der Waals surface area contributed by atoms with Crippen LogP contribution in [0.2, 0.25) is 10.0 Å². The SMILES string of the molecule is COc1cc(OC)c2cc(S(=O)(=O)/C=C\c3ccc(Cl)cc3Cl)c(=O)oc2c1. The lowest BCUT2D eigenvalue weighted by atomic mass is 10.2. The Morgan fingerprint density at radius 3 is 2.43 bits per heavy atom. The Morgan fingerprint density at radius 1 is 1.04 bits per heavy atom. The molecule has 0 aliphatic rings. The van der Waals surface area contributed by atoms with E-state index in [1.165, 1.54) is 38.5 Å². The number of rotatable bonds is 5. The predicted octanol–water partition coefficient (Wildman–Crippen LogP) is 4.56. The van der Waals surface area contributed by atoms with Crippen LogP contribution in [-0.2, 0) is 9.84 Å². The Kier molecular flexibility index (Phi) is 5.69. The zero-order valence-electron chi connectivity index (χ0n) is 14.7. The number of hydrogen-bond donors (Lipinski definition) is 0. The fourth-order valence-electron chi connectivity index (χ4n) is 2.50. The zero-order chi connectivity index (χ0) is 20.5. The predicted molar refractivity (Wildman–Crippen MR) is 108 cm³/mol. The number of sulfone groups is 1. The van der Waals surface area contributed by atoms with Crippen LogP contribution in [0.15, 0.2) is 55.9 Å². The molecule has 9 heteroatoms. The highest BCUT2D eigenvalue weighted by atomic mass is 35.5. The average molecular weight is 441 g/mol. The van der Waals surface area contributed by atoms with Crippen molar-refractivity contribution in [2.45, 2.75) is 4.90 Å². The molecule has 0 fully saturated rings. The van der Waals surface area contributed by atoms with Crippen molar-refractivity contribution in [3.05, 3.63) is 67.8 Å². The van der Waals surface area contributed by atoms with Crippen molar-refractivity contribution in [1.29, 1.82) is 0 Å². The van der Waals surface area contributed by atoms with E-state index in [-0.39, 0.29) is 10.6 Å². The van der Waals surface area contributed by atoms with E-state index in [2.05, 4.69) is 0 Å². The molecule has 3 aromatic rings. The van der Waals surface area contributed by atoms with Crippen molar-refractivity contribution < 1.29 is 22.3 Å². The summed E-state index contributed by atoms with van der Waals surface area (Å²) in [6, 6.07) is 8.86. The molecule has 2 aromatic carbocycles. The van der Waals surface area contributed by atoms with Crippen LogP contribution in [-0.4, -0.2) is 22.6 Å². The van der Waals surface area contributed by atoms with Gasteiger partial charge in [0.15, 0.2) is 4.90 Å². The van der Waals surface area contributed by atoms with Crippen LogP contribution >= 0.6 is 23.2 Å². The molecule has 28 heavy (non-hydrogen) atoms. The van der Waals surface area contributed by atoms with E-state index >= 15 is 0 Å². The maximum Gasteiger partial charge on any atom is 0.355 e. The van der Waals surface area contributed by atoms with Gasteiger partial charge in [0.2, 0.25) is 9.84 Å². The van der Waals surface area contributed by atoms with Crippen LogP contribution in [0.1, 0.15) is 5.56 Å². The van der Waals surface area contributed by atoms with Gasteiger partial charge in [0, 0.05) is 27.6 Å². The summed E-state index contributed by atoms with van der Waals surface area (Å²) in [7, 11) is -1.25. The Bertz CT molecular complexity index is 1250. The molecular formula is C19H14Cl2O6S. The largest absolute Gasteiger partial charge is 0.496 e. The van der Waals surface area contributed by atoms with Crippen molar-refractivity contribution in [3.8, 4) is 11.5 Å². The summed E-state index contributed by atoms with van der Waals surface area (Å²) >= 11 is 11.9. The maximum absolute atomic E-state index is 12.7. The minimum Gasteiger partial charge on any atom is -0.496 e. The van der Waals surface area contributed by atoms with Gasteiger partial charge in [0.1, 0.15) is 17.1 Å². The second-order valence-electron chi connectivity index (χ2n) is 5.65. The minimum absolute atomic E-state index is 0.143. The summed E-state index contributed by atoms with van der Waals surface area (Å²) in [6.45, 7) is 0. The molecule has 0 atom stereocenters. The van der Waals surface area contributed by atoms with Gasteiger partial charge < -0.3 is 13.9 Å². The van der Waals surface area contributed by atoms with Crippen molar-refractivity contribution in [3.63, 3.8) is 0 Å². The van der Waals surface area contributed by atoms with Crippen molar-refractivity contribution in [2.75, 3.05) is 14.2 Å². The summed E-state index contributed by atoms with van der Waals surface area (Å²) in [6.07, 6.45) is 1.28. The number of fused-ring (bicyclic) bond motifs is 1. The molecule has 0 amide bonds. The monoisotopic (exact) mass is 440 g/mol. The van der Waals surface area contributed by atoms with E-state index in [9.17, 15) is 13.2 Å². The normalized spacial score (nSPS) is 11.9. The third-order valence-electron chi connectivity index (χ3n) is 3.91. The molecule has 0 spiro atoms. The lowest BCUT2D eigenvalue weighted by molar-refractivity contribution is 0.395. The molecule has 0 radical (unpaired) electrons. The van der Waals surface area contributed by atoms with Gasteiger partial charge in [-0.1, -0.05) is 29.3 Å². The summed E-state index contributed by atoms with van der Waals surface area (Å²) in [5, 5.41) is 1.90. The van der Waals surface area contributed by atoms with Gasteiger partial charge in [0.25, 0.3) is 0 Å². The van der Waals surface area contributed by atoms with Crippen LogP contribution in [0.3, 0.4) is 0 Å². The molecule has 0 bridgehead atoms. The highest BCUT2D eigenvalue weighted by Gasteiger charge is 2.20. The van der Waals surface area contributed by atoms with Crippen LogP contribution in [0.25, 0.3) is 17.0 Å². The molecule has 1 heterocycles. The lowest BCUT2D eigenvalue weighted by Gasteiger charge is -2.08. The number of ether oxygens (including phenoxy) is 2. The van der Waals surface area contributed by atoms with Gasteiger partial charge in [-0.15, -0.1) is 0 Å². The maximum atomic E-state index is 12.7. The quantitative estimate of drug-likeness (QED) is 0.540. The number of benzene rings is 2. The van der Waals surface area contributed by atoms with E-state index in [0.29, 0.717) is 27.5 Å². The van der Waals surface area contributed by atoms with Crippen molar-refractivity contribution >= 4 is 50.1 Å². The van der Waals surface area contributed by atoms with Gasteiger partial charge in [-0.25, -0.2) is 13.2 Å². The molecule has 6 nitrogen and oxygen atoms in total. The second-order valence-corrected chi connectivity index (χ2v) is 8.30. The fourth-order valence-corrected chi connectivity index (χ4v) is 4.00. The summed E-state index contributed by atoms with van der Waals surface area (Å²) in [5.74, 6) is 0.708. The van der Waals surface area contributed by atoms with Crippen LogP contribution in [0, 0.1) is 0 Å². The fraction of sp³-hybridized carbons (Fsp3) is 0.105. The third-order valence-corrected chi connectivity index (χ3v) is 5.86. The molecule has 1 aromatic heterocycles. The molecule has 0 aliphatic carbocycles. The molecule has 0 saturated carbocycles. The van der Waals surface area contributed by atoms with E-state index in [4.69, 9.17) is 37.1 Å². The van der Waals surface area contributed by atoms with Gasteiger partial charge in [-0.2, -0.15) is 0 Å². The van der Waals surface area contributed by atoms with Gasteiger partial charge >= 0.3 is 5.63 Å². The summed E-state index contributed by atoms with van der Waals surface area (Å²) < 4.78 is 40.9. The summed E-state index contributed by atoms with van der Waals surface area (Å²) in [5.41, 5.74) is -0.429. The van der Waals surface area contributed by atoms with E-state index in [0.717, 1.165) is 5.41 Å². The molecule has 3 rings (SSSR count). The lowest BCUT2D eigenvalue weighted by Crippen LogP contribution is -2.12. The molecule has 0 unspecified atom stereocenters.